The van der Waals surface area contributed by atoms with Gasteiger partial charge in [0.05, 0.1) is 6.04 Å². The average molecular weight is 365 g/mol. The van der Waals surface area contributed by atoms with E-state index in [-0.39, 0.29) is 11.9 Å². The highest BCUT2D eigenvalue weighted by atomic mass is 79.9. The summed E-state index contributed by atoms with van der Waals surface area (Å²) in [5.74, 6) is 7.78. The zero-order valence-electron chi connectivity index (χ0n) is 10.7. The minimum atomic E-state index is -0.197. The number of hydrazine groups is 1. The molecule has 0 saturated carbocycles. The summed E-state index contributed by atoms with van der Waals surface area (Å²) < 4.78 is 14.9. The fraction of sp³-hybridized carbons (Fsp3) is 0.538. The number of thioether (sulfide) groups is 2. The number of hydrogen-bond acceptors (Lipinski definition) is 4. The van der Waals surface area contributed by atoms with Crippen LogP contribution in [0.15, 0.2) is 22.7 Å². The van der Waals surface area contributed by atoms with E-state index in [1.165, 1.54) is 6.07 Å². The van der Waals surface area contributed by atoms with Crippen LogP contribution in [-0.2, 0) is 0 Å². The summed E-state index contributed by atoms with van der Waals surface area (Å²) >= 11 is 7.26. The summed E-state index contributed by atoms with van der Waals surface area (Å²) in [4.78, 5) is 0. The Hall–Kier alpha value is 0.250. The van der Waals surface area contributed by atoms with Gasteiger partial charge in [0, 0.05) is 32.0 Å². The maximum Gasteiger partial charge on any atom is 0.128 e. The molecule has 1 aliphatic heterocycles. The molecule has 2 nitrogen and oxygen atoms in total. The second-order valence-corrected chi connectivity index (χ2v) is 8.01. The summed E-state index contributed by atoms with van der Waals surface area (Å²) in [5.41, 5.74) is 3.47. The summed E-state index contributed by atoms with van der Waals surface area (Å²) in [7, 11) is 0. The predicted octanol–water partition coefficient (Wildman–Crippen LogP) is 3.72. The van der Waals surface area contributed by atoms with E-state index in [4.69, 9.17) is 5.84 Å². The van der Waals surface area contributed by atoms with Crippen LogP contribution in [-0.4, -0.2) is 22.0 Å². The van der Waals surface area contributed by atoms with Gasteiger partial charge in [0.2, 0.25) is 0 Å². The van der Waals surface area contributed by atoms with Gasteiger partial charge in [-0.05, 0) is 24.6 Å². The van der Waals surface area contributed by atoms with Crippen LogP contribution in [0.3, 0.4) is 0 Å². The second kappa shape index (κ2) is 7.31. The molecule has 2 rings (SSSR count). The van der Waals surface area contributed by atoms with Gasteiger partial charge in [-0.1, -0.05) is 22.9 Å². The zero-order valence-corrected chi connectivity index (χ0v) is 14.0. The van der Waals surface area contributed by atoms with E-state index in [2.05, 4.69) is 28.3 Å². The molecule has 1 heterocycles. The summed E-state index contributed by atoms with van der Waals surface area (Å²) in [6, 6.07) is 4.88. The van der Waals surface area contributed by atoms with Crippen molar-refractivity contribution in [1.29, 1.82) is 0 Å². The molecule has 106 valence electrons. The maximum absolute atomic E-state index is 14.1. The Morgan fingerprint density at radius 2 is 2.21 bits per heavy atom. The van der Waals surface area contributed by atoms with Crippen LogP contribution >= 0.6 is 39.5 Å². The van der Waals surface area contributed by atoms with Gasteiger partial charge in [-0.3, -0.25) is 11.3 Å². The van der Waals surface area contributed by atoms with Crippen LogP contribution < -0.4 is 11.3 Å². The van der Waals surface area contributed by atoms with Gasteiger partial charge < -0.3 is 0 Å². The minimum Gasteiger partial charge on any atom is -0.271 e. The standard InChI is InChI=1S/C13H18BrFN2S2/c1-2-11-13(19-6-5-18-11)12(17-16)9-7-8(14)3-4-10(9)15/h3-4,7,11-13,17H,2,5-6,16H2,1H3. The third kappa shape index (κ3) is 3.67. The number of nitrogens with one attached hydrogen (secondary N) is 1. The molecule has 6 heteroatoms. The third-order valence-corrected chi connectivity index (χ3v) is 7.14. The number of halogens is 2. The second-order valence-electron chi connectivity index (χ2n) is 4.46. The van der Waals surface area contributed by atoms with Crippen molar-refractivity contribution < 1.29 is 4.39 Å². The van der Waals surface area contributed by atoms with Crippen molar-refractivity contribution in [3.05, 3.63) is 34.1 Å². The van der Waals surface area contributed by atoms with Crippen LogP contribution in [0.1, 0.15) is 24.9 Å². The molecular weight excluding hydrogens is 347 g/mol. The molecule has 0 bridgehead atoms. The van der Waals surface area contributed by atoms with Gasteiger partial charge in [-0.2, -0.15) is 23.5 Å². The zero-order chi connectivity index (χ0) is 13.8. The fourth-order valence-electron chi connectivity index (χ4n) is 2.36. The third-order valence-electron chi connectivity index (χ3n) is 3.30. The first-order valence-corrected chi connectivity index (χ1v) is 9.20. The van der Waals surface area contributed by atoms with E-state index in [1.807, 2.05) is 29.6 Å². The largest absolute Gasteiger partial charge is 0.271 e. The minimum absolute atomic E-state index is 0.153. The lowest BCUT2D eigenvalue weighted by atomic mass is 10.0. The molecule has 3 N–H and O–H groups in total. The molecule has 1 aliphatic rings. The van der Waals surface area contributed by atoms with Gasteiger partial charge in [0.15, 0.2) is 0 Å². The Kier molecular flexibility index (Phi) is 6.02. The molecule has 0 amide bonds. The number of hydrogen-bond donors (Lipinski definition) is 2. The van der Waals surface area contributed by atoms with Crippen molar-refractivity contribution in [2.75, 3.05) is 11.5 Å². The molecule has 0 aliphatic carbocycles. The predicted molar refractivity (Wildman–Crippen MR) is 86.9 cm³/mol. The first kappa shape index (κ1) is 15.6. The molecule has 1 saturated heterocycles. The van der Waals surface area contributed by atoms with Crippen LogP contribution in [0, 0.1) is 5.82 Å². The first-order valence-electron chi connectivity index (χ1n) is 6.31. The summed E-state index contributed by atoms with van der Waals surface area (Å²) in [5, 5.41) is 0.815. The molecule has 0 aromatic heterocycles. The summed E-state index contributed by atoms with van der Waals surface area (Å²) in [6.45, 7) is 2.18. The normalized spacial score (nSPS) is 25.3. The Morgan fingerprint density at radius 3 is 2.89 bits per heavy atom. The van der Waals surface area contributed by atoms with E-state index in [0.29, 0.717) is 16.1 Å². The van der Waals surface area contributed by atoms with Gasteiger partial charge in [0.25, 0.3) is 0 Å². The molecule has 1 aromatic carbocycles. The fourth-order valence-corrected chi connectivity index (χ4v) is 5.96. The van der Waals surface area contributed by atoms with Crippen molar-refractivity contribution in [1.82, 2.24) is 5.43 Å². The molecule has 19 heavy (non-hydrogen) atoms. The van der Waals surface area contributed by atoms with E-state index in [1.54, 1.807) is 6.07 Å². The van der Waals surface area contributed by atoms with Crippen LogP contribution in [0.4, 0.5) is 4.39 Å². The van der Waals surface area contributed by atoms with Crippen LogP contribution in [0.5, 0.6) is 0 Å². The van der Waals surface area contributed by atoms with Gasteiger partial charge in [0.1, 0.15) is 5.82 Å². The Labute approximate surface area is 130 Å². The molecule has 0 radical (unpaired) electrons. The monoisotopic (exact) mass is 364 g/mol. The lowest BCUT2D eigenvalue weighted by Gasteiger charge is -2.36. The molecule has 1 fully saturated rings. The lowest BCUT2D eigenvalue weighted by molar-refractivity contribution is 0.484. The van der Waals surface area contributed by atoms with Crippen LogP contribution in [0.25, 0.3) is 0 Å². The average Bonchev–Trinajstić information content (AvgIpc) is 2.44. The van der Waals surface area contributed by atoms with Gasteiger partial charge >= 0.3 is 0 Å². The molecule has 1 aromatic rings. The number of benzene rings is 1. The molecule has 0 spiro atoms. The quantitative estimate of drug-likeness (QED) is 0.630. The number of rotatable bonds is 4. The van der Waals surface area contributed by atoms with Gasteiger partial charge in [-0.15, -0.1) is 0 Å². The van der Waals surface area contributed by atoms with Crippen molar-refractivity contribution >= 4 is 39.5 Å². The smallest absolute Gasteiger partial charge is 0.128 e. The SMILES string of the molecule is CCC1SCCSC1C(NN)c1cc(Br)ccc1F. The van der Waals surface area contributed by atoms with Crippen molar-refractivity contribution in [3.63, 3.8) is 0 Å². The highest BCUT2D eigenvalue weighted by Gasteiger charge is 2.33. The van der Waals surface area contributed by atoms with E-state index in [0.717, 1.165) is 22.4 Å². The highest BCUT2D eigenvalue weighted by Crippen LogP contribution is 2.40. The highest BCUT2D eigenvalue weighted by molar-refractivity contribution is 9.10. The maximum atomic E-state index is 14.1. The van der Waals surface area contributed by atoms with Crippen molar-refractivity contribution in [3.8, 4) is 0 Å². The Bertz CT molecular complexity index is 433. The van der Waals surface area contributed by atoms with E-state index >= 15 is 0 Å². The first-order chi connectivity index (χ1) is 9.17. The lowest BCUT2D eigenvalue weighted by Crippen LogP contribution is -2.42. The topological polar surface area (TPSA) is 38.0 Å². The number of nitrogens with two attached hydrogens (primary N) is 1. The van der Waals surface area contributed by atoms with Crippen molar-refractivity contribution in [2.45, 2.75) is 29.9 Å². The van der Waals surface area contributed by atoms with Crippen molar-refractivity contribution in [2.24, 2.45) is 5.84 Å². The van der Waals surface area contributed by atoms with Gasteiger partial charge in [-0.25, -0.2) is 4.39 Å². The van der Waals surface area contributed by atoms with Crippen LogP contribution in [0.2, 0.25) is 0 Å². The summed E-state index contributed by atoms with van der Waals surface area (Å²) in [6.07, 6.45) is 1.08. The van der Waals surface area contributed by atoms with E-state index in [9.17, 15) is 4.39 Å². The molecular formula is C13H18BrFN2S2. The Balaban J connectivity index is 2.29. The molecule has 3 unspecified atom stereocenters. The Morgan fingerprint density at radius 1 is 1.47 bits per heavy atom. The van der Waals surface area contributed by atoms with E-state index < -0.39 is 0 Å². The molecule has 3 atom stereocenters.